The molecule has 1 aliphatic heterocycles. The molecule has 0 amide bonds. The van der Waals surface area contributed by atoms with Crippen molar-refractivity contribution < 1.29 is 18.3 Å². The Morgan fingerprint density at radius 2 is 1.97 bits per heavy atom. The minimum absolute atomic E-state index is 0.290. The molecule has 2 unspecified atom stereocenters. The Morgan fingerprint density at radius 3 is 2.73 bits per heavy atom. The van der Waals surface area contributed by atoms with Crippen molar-refractivity contribution in [1.29, 1.82) is 0 Å². The van der Waals surface area contributed by atoms with E-state index in [2.05, 4.69) is 15.1 Å². The highest BCUT2D eigenvalue weighted by Gasteiger charge is 2.35. The van der Waals surface area contributed by atoms with E-state index in [1.165, 1.54) is 36.7 Å². The summed E-state index contributed by atoms with van der Waals surface area (Å²) in [7, 11) is 0. The molecule has 2 aromatic carbocycles. The molecule has 5 rings (SSSR count). The minimum atomic E-state index is -0.871. The number of hydrogen-bond acceptors (Lipinski definition) is 6. The number of nitrogens with two attached hydrogens (primary N) is 1. The predicted octanol–water partition coefficient (Wildman–Crippen LogP) is 4.64. The Morgan fingerprint density at radius 1 is 1.18 bits per heavy atom. The summed E-state index contributed by atoms with van der Waals surface area (Å²) in [5.74, 6) is -0.839. The van der Waals surface area contributed by atoms with Crippen LogP contribution in [0.3, 0.4) is 0 Å². The zero-order valence-corrected chi connectivity index (χ0v) is 19.3. The highest BCUT2D eigenvalue weighted by atomic mass is 127. The molecule has 2 aromatic heterocycles. The number of fused-ring (bicyclic) bond motifs is 2. The number of rotatable bonds is 4. The third kappa shape index (κ3) is 3.54. The number of hydrogen-bond donors (Lipinski definition) is 1. The van der Waals surface area contributed by atoms with Gasteiger partial charge in [-0.15, -0.1) is 0 Å². The van der Waals surface area contributed by atoms with Gasteiger partial charge in [0, 0.05) is 11.1 Å². The Hall–Kier alpha value is -3.41. The van der Waals surface area contributed by atoms with Gasteiger partial charge in [-0.3, -0.25) is 0 Å². The maximum absolute atomic E-state index is 14.2. The fraction of sp³-hybridized carbons (Fsp3) is 0.130. The van der Waals surface area contributed by atoms with Crippen molar-refractivity contribution in [3.05, 3.63) is 81.0 Å². The molecule has 0 radical (unpaired) electrons. The molecule has 166 valence electrons. The van der Waals surface area contributed by atoms with E-state index < -0.39 is 23.6 Å². The third-order valence-electron chi connectivity index (χ3n) is 5.60. The first-order valence-corrected chi connectivity index (χ1v) is 11.0. The molecule has 2 atom stereocenters. The van der Waals surface area contributed by atoms with Crippen LogP contribution in [-0.2, 0) is 4.79 Å². The summed E-state index contributed by atoms with van der Waals surface area (Å²) in [6.07, 6.45) is 2.05. The van der Waals surface area contributed by atoms with Gasteiger partial charge in [-0.2, -0.15) is 5.10 Å². The van der Waals surface area contributed by atoms with Crippen molar-refractivity contribution in [1.82, 2.24) is 19.7 Å². The van der Waals surface area contributed by atoms with Gasteiger partial charge in [0.15, 0.2) is 5.65 Å². The van der Waals surface area contributed by atoms with Crippen molar-refractivity contribution in [2.75, 3.05) is 5.73 Å². The number of halogens is 3. The van der Waals surface area contributed by atoms with Crippen molar-refractivity contribution in [2.45, 2.75) is 18.9 Å². The number of aromatic nitrogens is 4. The Kier molecular flexibility index (Phi) is 5.31. The molecule has 4 aromatic rings. The third-order valence-corrected chi connectivity index (χ3v) is 6.35. The van der Waals surface area contributed by atoms with Crippen LogP contribution in [0.4, 0.5) is 14.6 Å². The maximum Gasteiger partial charge on any atom is 0.165 e. The monoisotopic (exact) mass is 559 g/mol. The number of nitrogen functional groups attached to an aromatic ring is 1. The number of carbonyl (C=O) groups excluding carboxylic acids is 1. The quantitative estimate of drug-likeness (QED) is 0.289. The smallest absolute Gasteiger partial charge is 0.165 e. The molecule has 3 heterocycles. The molecular weight excluding hydrogens is 543 g/mol. The van der Waals surface area contributed by atoms with Gasteiger partial charge in [-0.25, -0.2) is 23.4 Å². The van der Waals surface area contributed by atoms with Gasteiger partial charge in [0.2, 0.25) is 0 Å². The Bertz CT molecular complexity index is 1450. The van der Waals surface area contributed by atoms with Crippen LogP contribution < -0.4 is 10.5 Å². The lowest BCUT2D eigenvalue weighted by Crippen LogP contribution is -2.23. The van der Waals surface area contributed by atoms with Gasteiger partial charge in [0.1, 0.15) is 51.3 Å². The summed E-state index contributed by atoms with van der Waals surface area (Å²) in [4.78, 5) is 20.7. The molecule has 0 bridgehead atoms. The summed E-state index contributed by atoms with van der Waals surface area (Å²) in [5.41, 5.74) is 7.76. The lowest BCUT2D eigenvalue weighted by atomic mass is 9.83. The molecule has 2 N–H and O–H groups in total. The zero-order chi connectivity index (χ0) is 23.3. The lowest BCUT2D eigenvalue weighted by molar-refractivity contribution is -0.108. The standard InChI is InChI=1S/C23H16F2IN5O2/c1-11(31-23-19(21(26)30-31)22(27)28-10-29-23)20-18(12-3-2-4-13(24)7-12)16(9-32)15-8-14(25)5-6-17(15)33-20/h2-11,16H,1H3,(H2,27,28,29). The van der Waals surface area contributed by atoms with Crippen LogP contribution >= 0.6 is 22.6 Å². The molecule has 0 saturated heterocycles. The van der Waals surface area contributed by atoms with Crippen LogP contribution in [0.15, 0.2) is 54.6 Å². The summed E-state index contributed by atoms with van der Waals surface area (Å²) in [5, 5.41) is 5.18. The first-order valence-electron chi connectivity index (χ1n) is 9.95. The number of ether oxygens (including phenoxy) is 1. The van der Waals surface area contributed by atoms with Crippen LogP contribution in [0.5, 0.6) is 5.75 Å². The number of benzene rings is 2. The summed E-state index contributed by atoms with van der Waals surface area (Å²) in [6.45, 7) is 1.83. The van der Waals surface area contributed by atoms with Crippen LogP contribution in [0, 0.1) is 15.3 Å². The van der Waals surface area contributed by atoms with E-state index in [1.54, 1.807) is 16.8 Å². The molecule has 0 spiro atoms. The summed E-state index contributed by atoms with van der Waals surface area (Å²) < 4.78 is 36.7. The molecule has 7 nitrogen and oxygen atoms in total. The van der Waals surface area contributed by atoms with Crippen molar-refractivity contribution >= 4 is 51.3 Å². The van der Waals surface area contributed by atoms with Gasteiger partial charge in [-0.05, 0) is 65.4 Å². The Labute approximate surface area is 200 Å². The molecule has 0 fully saturated rings. The molecule has 33 heavy (non-hydrogen) atoms. The van der Waals surface area contributed by atoms with Gasteiger partial charge in [0.25, 0.3) is 0 Å². The second kappa shape index (κ2) is 8.18. The normalized spacial score (nSPS) is 16.4. The van der Waals surface area contributed by atoms with E-state index in [-0.39, 0.29) is 0 Å². The zero-order valence-electron chi connectivity index (χ0n) is 17.2. The number of nitrogens with zero attached hydrogens (tertiary/aromatic N) is 4. The van der Waals surface area contributed by atoms with Crippen molar-refractivity contribution in [3.63, 3.8) is 0 Å². The van der Waals surface area contributed by atoms with Crippen molar-refractivity contribution in [3.8, 4) is 5.75 Å². The first-order chi connectivity index (χ1) is 15.9. The highest BCUT2D eigenvalue weighted by Crippen LogP contribution is 2.46. The van der Waals surface area contributed by atoms with E-state index >= 15 is 0 Å². The topological polar surface area (TPSA) is 95.9 Å². The van der Waals surface area contributed by atoms with E-state index in [0.29, 0.717) is 55.0 Å². The van der Waals surface area contributed by atoms with Crippen LogP contribution in [0.2, 0.25) is 0 Å². The lowest BCUT2D eigenvalue weighted by Gasteiger charge is -2.31. The molecular formula is C23H16F2IN5O2. The number of aldehydes is 1. The second-order valence-electron chi connectivity index (χ2n) is 7.56. The van der Waals surface area contributed by atoms with Gasteiger partial charge in [-0.1, -0.05) is 12.1 Å². The SMILES string of the molecule is CC(C1=C(c2cccc(F)c2)C(C=O)c2cc(F)ccc2O1)n1nc(I)c2c(N)ncnc21. The number of allylic oxidation sites excluding steroid dienone is 2. The minimum Gasteiger partial charge on any atom is -0.459 e. The van der Waals surface area contributed by atoms with Gasteiger partial charge in [0.05, 0.1) is 11.3 Å². The van der Waals surface area contributed by atoms with Crippen LogP contribution in [0.1, 0.15) is 30.0 Å². The number of anilines is 1. The largest absolute Gasteiger partial charge is 0.459 e. The average Bonchev–Trinajstić information content (AvgIpc) is 3.15. The highest BCUT2D eigenvalue weighted by molar-refractivity contribution is 14.1. The predicted molar refractivity (Wildman–Crippen MR) is 126 cm³/mol. The van der Waals surface area contributed by atoms with Gasteiger partial charge < -0.3 is 15.3 Å². The van der Waals surface area contributed by atoms with Crippen LogP contribution in [0.25, 0.3) is 16.6 Å². The van der Waals surface area contributed by atoms with E-state index in [1.807, 2.05) is 29.5 Å². The maximum atomic E-state index is 14.2. The van der Waals surface area contributed by atoms with E-state index in [0.717, 1.165) is 0 Å². The molecule has 1 aliphatic rings. The summed E-state index contributed by atoms with van der Waals surface area (Å²) >= 11 is 2.05. The fourth-order valence-corrected chi connectivity index (χ4v) is 4.85. The number of carbonyl (C=O) groups is 1. The fourth-order valence-electron chi connectivity index (χ4n) is 4.10. The van der Waals surface area contributed by atoms with Gasteiger partial charge >= 0.3 is 0 Å². The first kappa shape index (κ1) is 21.4. The van der Waals surface area contributed by atoms with E-state index in [9.17, 15) is 13.6 Å². The average molecular weight is 559 g/mol. The summed E-state index contributed by atoms with van der Waals surface area (Å²) in [6, 6.07) is 9.28. The Balaban J connectivity index is 1.77. The second-order valence-corrected chi connectivity index (χ2v) is 8.58. The molecule has 0 saturated carbocycles. The molecule has 0 aliphatic carbocycles. The van der Waals surface area contributed by atoms with E-state index in [4.69, 9.17) is 10.5 Å². The molecule has 10 heteroatoms. The van der Waals surface area contributed by atoms with Crippen LogP contribution in [-0.4, -0.2) is 26.0 Å². The van der Waals surface area contributed by atoms with Crippen molar-refractivity contribution in [2.24, 2.45) is 0 Å².